The van der Waals surface area contributed by atoms with Gasteiger partial charge in [0.2, 0.25) is 0 Å². The first-order chi connectivity index (χ1) is 28.3. The van der Waals surface area contributed by atoms with Gasteiger partial charge in [0.25, 0.3) is 0 Å². The molecule has 6 nitrogen and oxygen atoms in total. The van der Waals surface area contributed by atoms with E-state index in [4.69, 9.17) is 19.4 Å². The predicted octanol–water partition coefficient (Wildman–Crippen LogP) is 13.0. The third-order valence-corrected chi connectivity index (χ3v) is 11.2. The second-order valence-electron chi connectivity index (χ2n) is 14.4. The Labute approximate surface area is 326 Å². The second kappa shape index (κ2) is 12.3. The zero-order chi connectivity index (χ0) is 37.5. The molecule has 0 aliphatic heterocycles. The van der Waals surface area contributed by atoms with Gasteiger partial charge in [-0.25, -0.2) is 15.0 Å². The Morgan fingerprint density at radius 1 is 0.333 bits per heavy atom. The Kier molecular flexibility index (Phi) is 6.83. The SMILES string of the molecule is c1ccc(-c2nc(-c3ccccc3)nc(-c3ccc4c5cc6c(cc5n(-c5ccccc5)c4c3)oc3c(-n4c5ccccc5c5ccccc54)cccc36)n2)cc1. The van der Waals surface area contributed by atoms with Crippen molar-refractivity contribution in [2.24, 2.45) is 0 Å². The van der Waals surface area contributed by atoms with E-state index in [0.29, 0.717) is 17.5 Å². The highest BCUT2D eigenvalue weighted by Crippen LogP contribution is 2.42. The van der Waals surface area contributed by atoms with E-state index in [1.54, 1.807) is 0 Å². The van der Waals surface area contributed by atoms with Crippen LogP contribution in [-0.4, -0.2) is 24.1 Å². The standard InChI is InChI=1S/C51H31N5O/c1-4-15-32(16-5-1)49-52-50(33-17-6-2-7-18-33)54-51(53-49)34-27-28-38-40-30-41-39-23-14-26-44(56-42-24-12-10-21-36(42)37-22-11-13-25-43(37)56)48(39)57-47(41)31-46(40)55(45(38)29-34)35-19-8-3-9-20-35/h1-31H. The van der Waals surface area contributed by atoms with Crippen molar-refractivity contribution in [2.45, 2.75) is 0 Å². The van der Waals surface area contributed by atoms with E-state index in [0.717, 1.165) is 82.8 Å². The summed E-state index contributed by atoms with van der Waals surface area (Å²) in [5, 5.41) is 6.87. The summed E-state index contributed by atoms with van der Waals surface area (Å²) in [6.45, 7) is 0. The normalized spacial score (nSPS) is 11.9. The maximum Gasteiger partial charge on any atom is 0.164 e. The molecule has 4 heterocycles. The van der Waals surface area contributed by atoms with Crippen molar-refractivity contribution in [3.63, 3.8) is 0 Å². The lowest BCUT2D eigenvalue weighted by atomic mass is 10.1. The molecule has 266 valence electrons. The van der Waals surface area contributed by atoms with Crippen LogP contribution in [0.25, 0.3) is 111 Å². The first-order valence-electron chi connectivity index (χ1n) is 19.1. The lowest BCUT2D eigenvalue weighted by Crippen LogP contribution is -2.00. The molecule has 0 saturated heterocycles. The molecule has 12 rings (SSSR count). The zero-order valence-electron chi connectivity index (χ0n) is 30.5. The van der Waals surface area contributed by atoms with E-state index < -0.39 is 0 Å². The van der Waals surface area contributed by atoms with Crippen LogP contribution in [0.15, 0.2) is 192 Å². The molecule has 0 fully saturated rings. The molecule has 8 aromatic carbocycles. The average Bonchev–Trinajstić information content (AvgIpc) is 3.93. The van der Waals surface area contributed by atoms with Crippen LogP contribution in [-0.2, 0) is 0 Å². The first kappa shape index (κ1) is 31.5. The van der Waals surface area contributed by atoms with E-state index in [1.165, 1.54) is 10.8 Å². The van der Waals surface area contributed by atoms with Crippen LogP contribution in [0.1, 0.15) is 0 Å². The number of nitrogens with zero attached hydrogens (tertiary/aromatic N) is 5. The van der Waals surface area contributed by atoms with Gasteiger partial charge >= 0.3 is 0 Å². The summed E-state index contributed by atoms with van der Waals surface area (Å²) < 4.78 is 11.6. The molecule has 0 aliphatic rings. The molecular weight excluding hydrogens is 699 g/mol. The maximum atomic E-state index is 6.94. The Morgan fingerprint density at radius 2 is 0.860 bits per heavy atom. The van der Waals surface area contributed by atoms with Crippen molar-refractivity contribution in [2.75, 3.05) is 0 Å². The topological polar surface area (TPSA) is 61.7 Å². The van der Waals surface area contributed by atoms with Crippen molar-refractivity contribution in [3.8, 4) is 45.5 Å². The molecule has 4 aromatic heterocycles. The molecule has 6 heteroatoms. The van der Waals surface area contributed by atoms with E-state index in [1.807, 2.05) is 60.7 Å². The van der Waals surface area contributed by atoms with Gasteiger partial charge in [0.05, 0.1) is 27.8 Å². The first-order valence-corrected chi connectivity index (χ1v) is 19.1. The molecule has 0 bridgehead atoms. The fourth-order valence-electron chi connectivity index (χ4n) is 8.58. The molecule has 0 unspecified atom stereocenters. The van der Waals surface area contributed by atoms with Crippen molar-refractivity contribution < 1.29 is 4.42 Å². The Hall–Kier alpha value is -7.83. The highest BCUT2D eigenvalue weighted by Gasteiger charge is 2.21. The minimum Gasteiger partial charge on any atom is -0.454 e. The monoisotopic (exact) mass is 729 g/mol. The second-order valence-corrected chi connectivity index (χ2v) is 14.4. The number of hydrogen-bond acceptors (Lipinski definition) is 4. The van der Waals surface area contributed by atoms with Crippen molar-refractivity contribution in [1.82, 2.24) is 24.1 Å². The number of furan rings is 1. The fraction of sp³-hybridized carbons (Fsp3) is 0. The Bertz CT molecular complexity index is 3400. The number of aromatic nitrogens is 5. The molecule has 0 atom stereocenters. The smallest absolute Gasteiger partial charge is 0.164 e. The quantitative estimate of drug-likeness (QED) is 0.177. The van der Waals surface area contributed by atoms with E-state index in [9.17, 15) is 0 Å². The van der Waals surface area contributed by atoms with Crippen LogP contribution in [0.5, 0.6) is 0 Å². The third-order valence-electron chi connectivity index (χ3n) is 11.2. The molecule has 0 radical (unpaired) electrons. The molecule has 0 amide bonds. The molecule has 12 aromatic rings. The fourth-order valence-corrected chi connectivity index (χ4v) is 8.58. The number of para-hydroxylation sites is 4. The summed E-state index contributed by atoms with van der Waals surface area (Å²) >= 11 is 0. The largest absolute Gasteiger partial charge is 0.454 e. The van der Waals surface area contributed by atoms with Crippen LogP contribution < -0.4 is 0 Å². The average molecular weight is 730 g/mol. The van der Waals surface area contributed by atoms with Gasteiger partial charge < -0.3 is 13.6 Å². The van der Waals surface area contributed by atoms with Gasteiger partial charge in [-0.15, -0.1) is 0 Å². The summed E-state index contributed by atoms with van der Waals surface area (Å²) in [6.07, 6.45) is 0. The van der Waals surface area contributed by atoms with E-state index in [2.05, 4.69) is 137 Å². The lowest BCUT2D eigenvalue weighted by Gasteiger charge is -2.10. The van der Waals surface area contributed by atoms with Crippen molar-refractivity contribution in [1.29, 1.82) is 0 Å². The van der Waals surface area contributed by atoms with Crippen molar-refractivity contribution >= 4 is 65.6 Å². The Balaban J connectivity index is 1.10. The van der Waals surface area contributed by atoms with Gasteiger partial charge in [-0.2, -0.15) is 0 Å². The summed E-state index contributed by atoms with van der Waals surface area (Å²) in [6, 6.07) is 65.5. The number of rotatable bonds is 5. The van der Waals surface area contributed by atoms with Gasteiger partial charge in [0.15, 0.2) is 23.1 Å². The molecular formula is C51H31N5O. The van der Waals surface area contributed by atoms with Crippen LogP contribution in [0.3, 0.4) is 0 Å². The summed E-state index contributed by atoms with van der Waals surface area (Å²) in [5.74, 6) is 1.89. The predicted molar refractivity (Wildman–Crippen MR) is 232 cm³/mol. The summed E-state index contributed by atoms with van der Waals surface area (Å²) in [7, 11) is 0. The summed E-state index contributed by atoms with van der Waals surface area (Å²) in [4.78, 5) is 15.0. The number of hydrogen-bond donors (Lipinski definition) is 0. The highest BCUT2D eigenvalue weighted by molar-refractivity contribution is 6.19. The van der Waals surface area contributed by atoms with Gasteiger partial charge in [-0.3, -0.25) is 0 Å². The van der Waals surface area contributed by atoms with Gasteiger partial charge in [-0.05, 0) is 42.5 Å². The van der Waals surface area contributed by atoms with E-state index in [-0.39, 0.29) is 0 Å². The van der Waals surface area contributed by atoms with Crippen LogP contribution >= 0.6 is 0 Å². The minimum absolute atomic E-state index is 0.617. The highest BCUT2D eigenvalue weighted by atomic mass is 16.3. The Morgan fingerprint density at radius 3 is 1.51 bits per heavy atom. The van der Waals surface area contributed by atoms with Gasteiger partial charge in [-0.1, -0.05) is 140 Å². The van der Waals surface area contributed by atoms with Crippen LogP contribution in [0, 0.1) is 0 Å². The molecule has 0 aliphatic carbocycles. The van der Waals surface area contributed by atoms with Crippen LogP contribution in [0.4, 0.5) is 0 Å². The zero-order valence-corrected chi connectivity index (χ0v) is 30.5. The van der Waals surface area contributed by atoms with Gasteiger partial charge in [0, 0.05) is 60.8 Å². The maximum absolute atomic E-state index is 6.94. The molecule has 0 spiro atoms. The minimum atomic E-state index is 0.617. The molecule has 0 N–H and O–H groups in total. The lowest BCUT2D eigenvalue weighted by molar-refractivity contribution is 0.666. The number of fused-ring (bicyclic) bond motifs is 9. The molecule has 0 saturated carbocycles. The van der Waals surface area contributed by atoms with E-state index >= 15 is 0 Å². The van der Waals surface area contributed by atoms with Crippen LogP contribution in [0.2, 0.25) is 0 Å². The number of benzene rings is 8. The third kappa shape index (κ3) is 4.87. The van der Waals surface area contributed by atoms with Crippen molar-refractivity contribution in [3.05, 3.63) is 188 Å². The molecule has 57 heavy (non-hydrogen) atoms. The van der Waals surface area contributed by atoms with Gasteiger partial charge in [0.1, 0.15) is 5.58 Å². The summed E-state index contributed by atoms with van der Waals surface area (Å²) in [5.41, 5.74) is 11.0.